The lowest BCUT2D eigenvalue weighted by Gasteiger charge is -2.26. The van der Waals surface area contributed by atoms with Gasteiger partial charge in [0.2, 0.25) is 5.91 Å². The maximum absolute atomic E-state index is 12.0. The third-order valence-corrected chi connectivity index (χ3v) is 3.96. The zero-order chi connectivity index (χ0) is 15.7. The molecule has 0 spiro atoms. The summed E-state index contributed by atoms with van der Waals surface area (Å²) in [5, 5.41) is 3.11. The van der Waals surface area contributed by atoms with E-state index in [-0.39, 0.29) is 24.5 Å². The summed E-state index contributed by atoms with van der Waals surface area (Å²) in [7, 11) is 0. The molecule has 5 nitrogen and oxygen atoms in total. The molecule has 0 aliphatic heterocycles. The van der Waals surface area contributed by atoms with Crippen LogP contribution in [0.15, 0.2) is 0 Å². The first kappa shape index (κ1) is 18.0. The quantitative estimate of drug-likeness (QED) is 0.697. The lowest BCUT2D eigenvalue weighted by molar-refractivity contribution is -0.145. The van der Waals surface area contributed by atoms with Crippen molar-refractivity contribution in [2.45, 2.75) is 71.4 Å². The fraction of sp³-hybridized carbons (Fsp3) is 0.875. The number of rotatable bonds is 8. The second-order valence-corrected chi connectivity index (χ2v) is 6.02. The fourth-order valence-electron chi connectivity index (χ4n) is 2.68. The maximum atomic E-state index is 12.0. The largest absolute Gasteiger partial charge is 0.465 e. The number of hydrogen-bond donors (Lipinski definition) is 1. The molecular formula is C16H30N2O3. The van der Waals surface area contributed by atoms with Gasteiger partial charge in [-0.15, -0.1) is 0 Å². The molecule has 1 rings (SSSR count). The molecule has 0 aromatic carbocycles. The number of nitrogens with zero attached hydrogens (tertiary/aromatic N) is 1. The van der Waals surface area contributed by atoms with Crippen molar-refractivity contribution in [2.75, 3.05) is 19.7 Å². The first-order valence-electron chi connectivity index (χ1n) is 8.22. The maximum Gasteiger partial charge on any atom is 0.320 e. The summed E-state index contributed by atoms with van der Waals surface area (Å²) in [5.74, 6) is -0.129. The normalized spacial score (nSPS) is 16.2. The van der Waals surface area contributed by atoms with E-state index in [1.807, 2.05) is 18.7 Å². The molecule has 1 fully saturated rings. The second-order valence-electron chi connectivity index (χ2n) is 6.02. The lowest BCUT2D eigenvalue weighted by atomic mass is 9.95. The third kappa shape index (κ3) is 7.46. The van der Waals surface area contributed by atoms with Gasteiger partial charge in [-0.2, -0.15) is 0 Å². The minimum Gasteiger partial charge on any atom is -0.465 e. The van der Waals surface area contributed by atoms with Crippen LogP contribution in [0, 0.1) is 0 Å². The van der Waals surface area contributed by atoms with Gasteiger partial charge >= 0.3 is 5.97 Å². The summed E-state index contributed by atoms with van der Waals surface area (Å²) in [5.41, 5.74) is 0. The average Bonchev–Trinajstić information content (AvgIpc) is 2.44. The van der Waals surface area contributed by atoms with Gasteiger partial charge in [0.25, 0.3) is 0 Å². The van der Waals surface area contributed by atoms with Crippen LogP contribution in [0.5, 0.6) is 0 Å². The number of ether oxygens (including phenoxy) is 1. The molecule has 0 aromatic rings. The summed E-state index contributed by atoms with van der Waals surface area (Å²) in [6.07, 6.45) is 6.35. The molecule has 21 heavy (non-hydrogen) atoms. The van der Waals surface area contributed by atoms with E-state index in [0.29, 0.717) is 25.6 Å². The van der Waals surface area contributed by atoms with E-state index in [2.05, 4.69) is 5.32 Å². The lowest BCUT2D eigenvalue weighted by Crippen LogP contribution is -2.41. The van der Waals surface area contributed by atoms with Crippen LogP contribution < -0.4 is 5.32 Å². The summed E-state index contributed by atoms with van der Waals surface area (Å²) in [6.45, 7) is 7.09. The Morgan fingerprint density at radius 1 is 1.24 bits per heavy atom. The monoisotopic (exact) mass is 298 g/mol. The van der Waals surface area contributed by atoms with Crippen molar-refractivity contribution in [3.8, 4) is 0 Å². The highest BCUT2D eigenvalue weighted by molar-refractivity contribution is 5.76. The summed E-state index contributed by atoms with van der Waals surface area (Å²) < 4.78 is 4.97. The number of hydrogen-bond acceptors (Lipinski definition) is 4. The zero-order valence-corrected chi connectivity index (χ0v) is 13.7. The zero-order valence-electron chi connectivity index (χ0n) is 13.7. The van der Waals surface area contributed by atoms with Crippen molar-refractivity contribution in [3.63, 3.8) is 0 Å². The minimum absolute atomic E-state index is 0.0939. The third-order valence-electron chi connectivity index (χ3n) is 3.96. The van der Waals surface area contributed by atoms with E-state index in [1.54, 1.807) is 6.92 Å². The molecule has 1 aliphatic rings. The molecule has 0 radical (unpaired) electrons. The Bertz CT molecular complexity index is 325. The smallest absolute Gasteiger partial charge is 0.320 e. The SMILES string of the molecule is CCOC(=O)CN(CCC(=O)NC1CCCCC1)C(C)C. The van der Waals surface area contributed by atoms with E-state index in [4.69, 9.17) is 4.74 Å². The highest BCUT2D eigenvalue weighted by Crippen LogP contribution is 2.17. The number of carbonyl (C=O) groups is 2. The molecule has 1 amide bonds. The molecule has 0 saturated heterocycles. The van der Waals surface area contributed by atoms with Crippen molar-refractivity contribution in [1.82, 2.24) is 10.2 Å². The van der Waals surface area contributed by atoms with Crippen LogP contribution in [0.3, 0.4) is 0 Å². The Kier molecular flexibility index (Phi) is 8.35. The van der Waals surface area contributed by atoms with Gasteiger partial charge in [-0.1, -0.05) is 19.3 Å². The predicted molar refractivity (Wildman–Crippen MR) is 83.0 cm³/mol. The summed E-state index contributed by atoms with van der Waals surface area (Å²) in [6, 6.07) is 0.570. The van der Waals surface area contributed by atoms with Crippen molar-refractivity contribution in [1.29, 1.82) is 0 Å². The molecule has 5 heteroatoms. The molecule has 1 aliphatic carbocycles. The molecule has 0 aromatic heterocycles. The standard InChI is InChI=1S/C16H30N2O3/c1-4-21-16(20)12-18(13(2)3)11-10-15(19)17-14-8-6-5-7-9-14/h13-14H,4-12H2,1-3H3,(H,17,19). The number of esters is 1. The Balaban J connectivity index is 2.30. The van der Waals surface area contributed by atoms with Crippen LogP contribution in [0.4, 0.5) is 0 Å². The summed E-state index contributed by atoms with van der Waals surface area (Å²) in [4.78, 5) is 25.5. The minimum atomic E-state index is -0.223. The van der Waals surface area contributed by atoms with E-state index in [1.165, 1.54) is 19.3 Å². The van der Waals surface area contributed by atoms with Crippen LogP contribution in [0.2, 0.25) is 0 Å². The number of carbonyl (C=O) groups excluding carboxylic acids is 2. The van der Waals surface area contributed by atoms with Gasteiger partial charge in [0.15, 0.2) is 0 Å². The average molecular weight is 298 g/mol. The molecule has 0 atom stereocenters. The Morgan fingerprint density at radius 2 is 1.90 bits per heavy atom. The number of amides is 1. The van der Waals surface area contributed by atoms with Crippen molar-refractivity contribution in [2.24, 2.45) is 0 Å². The topological polar surface area (TPSA) is 58.6 Å². The van der Waals surface area contributed by atoms with Gasteiger partial charge in [-0.05, 0) is 33.6 Å². The molecule has 0 unspecified atom stereocenters. The van der Waals surface area contributed by atoms with Gasteiger partial charge in [0, 0.05) is 25.0 Å². The van der Waals surface area contributed by atoms with Crippen LogP contribution in [-0.4, -0.2) is 48.6 Å². The van der Waals surface area contributed by atoms with Gasteiger partial charge in [0.1, 0.15) is 0 Å². The van der Waals surface area contributed by atoms with E-state index in [9.17, 15) is 9.59 Å². The van der Waals surface area contributed by atoms with Crippen molar-refractivity contribution >= 4 is 11.9 Å². The van der Waals surface area contributed by atoms with E-state index >= 15 is 0 Å². The second kappa shape index (κ2) is 9.77. The van der Waals surface area contributed by atoms with Crippen LogP contribution in [-0.2, 0) is 14.3 Å². The highest BCUT2D eigenvalue weighted by atomic mass is 16.5. The van der Waals surface area contributed by atoms with Gasteiger partial charge in [0.05, 0.1) is 13.2 Å². The predicted octanol–water partition coefficient (Wildman–Crippen LogP) is 2.10. The van der Waals surface area contributed by atoms with Crippen molar-refractivity contribution < 1.29 is 14.3 Å². The number of nitrogens with one attached hydrogen (secondary N) is 1. The molecule has 1 N–H and O–H groups in total. The molecule has 122 valence electrons. The first-order valence-corrected chi connectivity index (χ1v) is 8.22. The molecule has 0 bridgehead atoms. The first-order chi connectivity index (χ1) is 10.0. The van der Waals surface area contributed by atoms with Gasteiger partial charge < -0.3 is 10.1 Å². The van der Waals surface area contributed by atoms with Gasteiger partial charge in [-0.25, -0.2) is 0 Å². The van der Waals surface area contributed by atoms with Crippen LogP contribution in [0.25, 0.3) is 0 Å². The Morgan fingerprint density at radius 3 is 2.48 bits per heavy atom. The molecule has 1 saturated carbocycles. The van der Waals surface area contributed by atoms with Crippen molar-refractivity contribution in [3.05, 3.63) is 0 Å². The van der Waals surface area contributed by atoms with Gasteiger partial charge in [-0.3, -0.25) is 14.5 Å². The molecule has 0 heterocycles. The summed E-state index contributed by atoms with van der Waals surface area (Å²) >= 11 is 0. The van der Waals surface area contributed by atoms with Crippen LogP contribution in [0.1, 0.15) is 59.3 Å². The Labute approximate surface area is 128 Å². The molecular weight excluding hydrogens is 268 g/mol. The Hall–Kier alpha value is -1.10. The highest BCUT2D eigenvalue weighted by Gasteiger charge is 2.18. The van der Waals surface area contributed by atoms with Crippen LogP contribution >= 0.6 is 0 Å². The van der Waals surface area contributed by atoms with E-state index < -0.39 is 0 Å². The fourth-order valence-corrected chi connectivity index (χ4v) is 2.68. The van der Waals surface area contributed by atoms with E-state index in [0.717, 1.165) is 12.8 Å².